The Hall–Kier alpha value is -1.02. The minimum absolute atomic E-state index is 0.537. The van der Waals surface area contributed by atoms with Crippen LogP contribution in [0.4, 0.5) is 0 Å². The number of nitrogens with one attached hydrogen (secondary N) is 1. The SMILES string of the molecule is CCCOc1ccc([C@@H]2C[C@H](C)CN2)cc1. The van der Waals surface area contributed by atoms with Crippen molar-refractivity contribution < 1.29 is 4.74 Å². The van der Waals surface area contributed by atoms with Gasteiger partial charge in [0.2, 0.25) is 0 Å². The fraction of sp³-hybridized carbons (Fsp3) is 0.571. The van der Waals surface area contributed by atoms with Crippen molar-refractivity contribution in [2.24, 2.45) is 5.92 Å². The predicted molar refractivity (Wildman–Crippen MR) is 66.8 cm³/mol. The van der Waals surface area contributed by atoms with E-state index in [1.54, 1.807) is 0 Å². The third kappa shape index (κ3) is 2.76. The fourth-order valence-electron chi connectivity index (χ4n) is 2.18. The van der Waals surface area contributed by atoms with Crippen LogP contribution in [0.25, 0.3) is 0 Å². The average Bonchev–Trinajstić information content (AvgIpc) is 2.74. The average molecular weight is 219 g/mol. The molecule has 2 nitrogen and oxygen atoms in total. The van der Waals surface area contributed by atoms with E-state index in [-0.39, 0.29) is 0 Å². The first-order valence-electron chi connectivity index (χ1n) is 6.25. The molecule has 0 saturated carbocycles. The molecule has 16 heavy (non-hydrogen) atoms. The van der Waals surface area contributed by atoms with Crippen molar-refractivity contribution in [3.63, 3.8) is 0 Å². The van der Waals surface area contributed by atoms with Crippen LogP contribution in [0, 0.1) is 5.92 Å². The highest BCUT2D eigenvalue weighted by Crippen LogP contribution is 2.27. The van der Waals surface area contributed by atoms with Crippen molar-refractivity contribution in [2.75, 3.05) is 13.2 Å². The van der Waals surface area contributed by atoms with E-state index in [1.165, 1.54) is 12.0 Å². The van der Waals surface area contributed by atoms with Crippen molar-refractivity contribution in [1.82, 2.24) is 5.32 Å². The van der Waals surface area contributed by atoms with E-state index < -0.39 is 0 Å². The molecule has 2 rings (SSSR count). The number of hydrogen-bond donors (Lipinski definition) is 1. The topological polar surface area (TPSA) is 21.3 Å². The van der Waals surface area contributed by atoms with Crippen molar-refractivity contribution >= 4 is 0 Å². The van der Waals surface area contributed by atoms with E-state index in [1.807, 2.05) is 0 Å². The van der Waals surface area contributed by atoms with Gasteiger partial charge in [-0.1, -0.05) is 26.0 Å². The lowest BCUT2D eigenvalue weighted by molar-refractivity contribution is 0.317. The molecule has 1 aromatic rings. The van der Waals surface area contributed by atoms with Crippen LogP contribution in [0.1, 0.15) is 38.3 Å². The molecule has 2 heteroatoms. The molecule has 1 aliphatic heterocycles. The second-order valence-electron chi connectivity index (χ2n) is 4.72. The maximum Gasteiger partial charge on any atom is 0.119 e. The summed E-state index contributed by atoms with van der Waals surface area (Å²) >= 11 is 0. The molecular formula is C14H21NO. The number of rotatable bonds is 4. The smallest absolute Gasteiger partial charge is 0.119 e. The van der Waals surface area contributed by atoms with Crippen LogP contribution in [0.15, 0.2) is 24.3 Å². The van der Waals surface area contributed by atoms with Gasteiger partial charge in [-0.15, -0.1) is 0 Å². The molecule has 88 valence electrons. The van der Waals surface area contributed by atoms with Gasteiger partial charge in [0.25, 0.3) is 0 Å². The van der Waals surface area contributed by atoms with Gasteiger partial charge >= 0.3 is 0 Å². The standard InChI is InChI=1S/C14H21NO/c1-3-8-16-13-6-4-12(5-7-13)14-9-11(2)10-15-14/h4-7,11,14-15H,3,8-10H2,1-2H3/t11-,14-/m0/s1. The fourth-order valence-corrected chi connectivity index (χ4v) is 2.18. The van der Waals surface area contributed by atoms with Gasteiger partial charge in [-0.2, -0.15) is 0 Å². The molecule has 1 heterocycles. The Balaban J connectivity index is 1.96. The van der Waals surface area contributed by atoms with Crippen LogP contribution in [-0.4, -0.2) is 13.2 Å². The van der Waals surface area contributed by atoms with Crippen LogP contribution in [0.2, 0.25) is 0 Å². The van der Waals surface area contributed by atoms with Crippen LogP contribution in [0.3, 0.4) is 0 Å². The second kappa shape index (κ2) is 5.35. The molecule has 1 aliphatic rings. The molecule has 1 saturated heterocycles. The van der Waals surface area contributed by atoms with E-state index in [0.29, 0.717) is 6.04 Å². The number of hydrogen-bond acceptors (Lipinski definition) is 2. The van der Waals surface area contributed by atoms with E-state index in [2.05, 4.69) is 43.4 Å². The predicted octanol–water partition coefficient (Wildman–Crippen LogP) is 3.15. The highest BCUT2D eigenvalue weighted by atomic mass is 16.5. The van der Waals surface area contributed by atoms with Gasteiger partial charge in [0.15, 0.2) is 0 Å². The Morgan fingerprint density at radius 3 is 2.62 bits per heavy atom. The molecule has 0 aromatic heterocycles. The van der Waals surface area contributed by atoms with Crippen LogP contribution in [-0.2, 0) is 0 Å². The third-order valence-electron chi connectivity index (χ3n) is 3.11. The van der Waals surface area contributed by atoms with Crippen molar-refractivity contribution in [3.05, 3.63) is 29.8 Å². The van der Waals surface area contributed by atoms with E-state index in [4.69, 9.17) is 4.74 Å². The summed E-state index contributed by atoms with van der Waals surface area (Å²) in [6.45, 7) is 6.36. The maximum absolute atomic E-state index is 5.57. The minimum Gasteiger partial charge on any atom is -0.494 e. The van der Waals surface area contributed by atoms with Crippen molar-refractivity contribution in [2.45, 2.75) is 32.7 Å². The Kier molecular flexibility index (Phi) is 3.83. The highest BCUT2D eigenvalue weighted by Gasteiger charge is 2.21. The molecule has 0 radical (unpaired) electrons. The molecule has 0 bridgehead atoms. The minimum atomic E-state index is 0.537. The Labute approximate surface area is 98.0 Å². The van der Waals surface area contributed by atoms with Gasteiger partial charge < -0.3 is 10.1 Å². The van der Waals surface area contributed by atoms with Gasteiger partial charge in [0, 0.05) is 6.04 Å². The largest absolute Gasteiger partial charge is 0.494 e. The van der Waals surface area contributed by atoms with E-state index in [0.717, 1.165) is 31.2 Å². The maximum atomic E-state index is 5.57. The summed E-state index contributed by atoms with van der Waals surface area (Å²) in [6, 6.07) is 9.06. The molecule has 1 aromatic carbocycles. The highest BCUT2D eigenvalue weighted by molar-refractivity contribution is 5.29. The quantitative estimate of drug-likeness (QED) is 0.840. The first-order chi connectivity index (χ1) is 7.79. The Bertz CT molecular complexity index is 320. The van der Waals surface area contributed by atoms with Gasteiger partial charge in [-0.25, -0.2) is 0 Å². The van der Waals surface area contributed by atoms with Crippen LogP contribution in [0.5, 0.6) is 5.75 Å². The van der Waals surface area contributed by atoms with Gasteiger partial charge in [0.05, 0.1) is 6.61 Å². The molecule has 1 fully saturated rings. The van der Waals surface area contributed by atoms with E-state index >= 15 is 0 Å². The monoisotopic (exact) mass is 219 g/mol. The third-order valence-corrected chi connectivity index (χ3v) is 3.11. The lowest BCUT2D eigenvalue weighted by Gasteiger charge is -2.11. The van der Waals surface area contributed by atoms with Crippen LogP contribution >= 0.6 is 0 Å². The van der Waals surface area contributed by atoms with Gasteiger partial charge in [-0.05, 0) is 43.0 Å². The normalized spacial score (nSPS) is 24.6. The summed E-state index contributed by atoms with van der Waals surface area (Å²) in [5, 5.41) is 3.54. The van der Waals surface area contributed by atoms with Crippen molar-refractivity contribution in [3.8, 4) is 5.75 Å². The number of benzene rings is 1. The first-order valence-corrected chi connectivity index (χ1v) is 6.25. The van der Waals surface area contributed by atoms with E-state index in [9.17, 15) is 0 Å². The van der Waals surface area contributed by atoms with Crippen molar-refractivity contribution in [1.29, 1.82) is 0 Å². The summed E-state index contributed by atoms with van der Waals surface area (Å²) < 4.78 is 5.57. The zero-order chi connectivity index (χ0) is 11.4. The molecule has 0 aliphatic carbocycles. The zero-order valence-electron chi connectivity index (χ0n) is 10.2. The summed E-state index contributed by atoms with van der Waals surface area (Å²) in [7, 11) is 0. The van der Waals surface area contributed by atoms with Gasteiger partial charge in [-0.3, -0.25) is 0 Å². The van der Waals surface area contributed by atoms with Crippen LogP contribution < -0.4 is 10.1 Å². The molecule has 0 amide bonds. The van der Waals surface area contributed by atoms with Gasteiger partial charge in [0.1, 0.15) is 5.75 Å². The molecule has 0 spiro atoms. The molecule has 0 unspecified atom stereocenters. The number of ether oxygens (including phenoxy) is 1. The summed E-state index contributed by atoms with van der Waals surface area (Å²) in [6.07, 6.45) is 2.30. The lowest BCUT2D eigenvalue weighted by Crippen LogP contribution is -2.13. The Morgan fingerprint density at radius 1 is 1.31 bits per heavy atom. The first kappa shape index (κ1) is 11.5. The molecule has 2 atom stereocenters. The second-order valence-corrected chi connectivity index (χ2v) is 4.72. The summed E-state index contributed by atoms with van der Waals surface area (Å²) in [4.78, 5) is 0. The summed E-state index contributed by atoms with van der Waals surface area (Å²) in [5.41, 5.74) is 1.38. The summed E-state index contributed by atoms with van der Waals surface area (Å²) in [5.74, 6) is 1.78. The Morgan fingerprint density at radius 2 is 2.06 bits per heavy atom. The lowest BCUT2D eigenvalue weighted by atomic mass is 10.0. The molecule has 1 N–H and O–H groups in total. The zero-order valence-corrected chi connectivity index (χ0v) is 10.2. The molecular weight excluding hydrogens is 198 g/mol.